The molecule has 0 amide bonds. The lowest BCUT2D eigenvalue weighted by atomic mass is 9.75. The molecule has 2 atom stereocenters. The maximum atomic E-state index is 9.69. The molecule has 1 aliphatic rings. The highest BCUT2D eigenvalue weighted by Crippen LogP contribution is 2.40. The zero-order valence-corrected chi connectivity index (χ0v) is 10.6. The van der Waals surface area contributed by atoms with E-state index in [9.17, 15) is 5.11 Å². The van der Waals surface area contributed by atoms with Crippen LogP contribution in [-0.2, 0) is 0 Å². The highest BCUT2D eigenvalue weighted by atomic mass is 16.3. The number of hydrogen-bond donors (Lipinski definition) is 1. The molecule has 1 aromatic rings. The smallest absolute Gasteiger partial charge is 0.118 e. The number of benzene rings is 1. The first-order valence-electron chi connectivity index (χ1n) is 6.39. The van der Waals surface area contributed by atoms with E-state index in [1.807, 2.05) is 13.0 Å². The summed E-state index contributed by atoms with van der Waals surface area (Å²) in [5.74, 6) is 1.93. The molecule has 2 rings (SSSR count). The number of rotatable bonds is 1. The van der Waals surface area contributed by atoms with Crippen molar-refractivity contribution in [2.24, 2.45) is 5.92 Å². The summed E-state index contributed by atoms with van der Waals surface area (Å²) in [6.07, 6.45) is 5.40. The van der Waals surface area contributed by atoms with Crippen LogP contribution >= 0.6 is 0 Å². The fraction of sp³-hybridized carbons (Fsp3) is 0.600. The van der Waals surface area contributed by atoms with Gasteiger partial charge >= 0.3 is 0 Å². The van der Waals surface area contributed by atoms with E-state index < -0.39 is 0 Å². The molecule has 1 nitrogen and oxygen atoms in total. The summed E-state index contributed by atoms with van der Waals surface area (Å²) >= 11 is 0. The standard InChI is InChI=1S/C15H22O/c1-10-6-4-5-7-13(10)14-8-12(3)15(16)9-11(14)2/h8-10,13,16H,4-7H2,1-3H3. The fourth-order valence-electron chi connectivity index (χ4n) is 3.00. The van der Waals surface area contributed by atoms with Crippen molar-refractivity contribution in [1.29, 1.82) is 0 Å². The second kappa shape index (κ2) is 4.48. The van der Waals surface area contributed by atoms with E-state index in [2.05, 4.69) is 19.9 Å². The van der Waals surface area contributed by atoms with Crippen LogP contribution in [0.1, 0.15) is 55.2 Å². The lowest BCUT2D eigenvalue weighted by Gasteiger charge is -2.30. The third kappa shape index (κ3) is 2.09. The summed E-state index contributed by atoms with van der Waals surface area (Å²) in [7, 11) is 0. The third-order valence-corrected chi connectivity index (χ3v) is 4.10. The quantitative estimate of drug-likeness (QED) is 0.745. The summed E-state index contributed by atoms with van der Waals surface area (Å²) in [6, 6.07) is 4.11. The molecule has 1 aliphatic carbocycles. The first-order valence-corrected chi connectivity index (χ1v) is 6.39. The van der Waals surface area contributed by atoms with Crippen molar-refractivity contribution >= 4 is 0 Å². The van der Waals surface area contributed by atoms with Crippen LogP contribution in [0.3, 0.4) is 0 Å². The summed E-state index contributed by atoms with van der Waals surface area (Å²) in [4.78, 5) is 0. The molecule has 16 heavy (non-hydrogen) atoms. The van der Waals surface area contributed by atoms with E-state index in [0.29, 0.717) is 11.7 Å². The topological polar surface area (TPSA) is 20.2 Å². The van der Waals surface area contributed by atoms with E-state index in [1.165, 1.54) is 36.8 Å². The monoisotopic (exact) mass is 218 g/mol. The van der Waals surface area contributed by atoms with Gasteiger partial charge in [-0.25, -0.2) is 0 Å². The fourth-order valence-corrected chi connectivity index (χ4v) is 3.00. The minimum absolute atomic E-state index is 0.435. The van der Waals surface area contributed by atoms with Crippen LogP contribution in [-0.4, -0.2) is 5.11 Å². The molecule has 1 fully saturated rings. The normalized spacial score (nSPS) is 25.7. The molecule has 1 aromatic carbocycles. The predicted octanol–water partition coefficient (Wildman–Crippen LogP) is 4.30. The molecular weight excluding hydrogens is 196 g/mol. The van der Waals surface area contributed by atoms with E-state index in [-0.39, 0.29) is 0 Å². The third-order valence-electron chi connectivity index (χ3n) is 4.10. The van der Waals surface area contributed by atoms with Gasteiger partial charge in [-0.15, -0.1) is 0 Å². The Labute approximate surface area is 98.5 Å². The van der Waals surface area contributed by atoms with Gasteiger partial charge in [-0.1, -0.05) is 32.3 Å². The number of aromatic hydroxyl groups is 1. The average molecular weight is 218 g/mol. The van der Waals surface area contributed by atoms with Crippen LogP contribution in [0.15, 0.2) is 12.1 Å². The molecule has 1 N–H and O–H groups in total. The Balaban J connectivity index is 2.35. The van der Waals surface area contributed by atoms with Crippen LogP contribution in [0, 0.1) is 19.8 Å². The van der Waals surface area contributed by atoms with Crippen molar-refractivity contribution < 1.29 is 5.11 Å². The van der Waals surface area contributed by atoms with Gasteiger partial charge in [-0.05, 0) is 54.9 Å². The summed E-state index contributed by atoms with van der Waals surface area (Å²) < 4.78 is 0. The van der Waals surface area contributed by atoms with E-state index in [0.717, 1.165) is 11.5 Å². The van der Waals surface area contributed by atoms with Crippen LogP contribution in [0.5, 0.6) is 5.75 Å². The molecule has 2 unspecified atom stereocenters. The maximum Gasteiger partial charge on any atom is 0.118 e. The largest absolute Gasteiger partial charge is 0.508 e. The van der Waals surface area contributed by atoms with Crippen molar-refractivity contribution in [2.75, 3.05) is 0 Å². The number of phenols is 1. The van der Waals surface area contributed by atoms with Crippen LogP contribution < -0.4 is 0 Å². The molecule has 0 saturated heterocycles. The summed E-state index contributed by atoms with van der Waals surface area (Å²) in [5.41, 5.74) is 3.72. The van der Waals surface area contributed by atoms with Crippen LogP contribution in [0.25, 0.3) is 0 Å². The number of hydrogen-bond acceptors (Lipinski definition) is 1. The van der Waals surface area contributed by atoms with E-state index in [4.69, 9.17) is 0 Å². The molecule has 1 saturated carbocycles. The van der Waals surface area contributed by atoms with Crippen LogP contribution in [0.4, 0.5) is 0 Å². The SMILES string of the molecule is Cc1cc(C2CCCCC2C)c(C)cc1O. The number of phenolic OH excluding ortho intramolecular Hbond substituents is 1. The van der Waals surface area contributed by atoms with Gasteiger partial charge in [-0.2, -0.15) is 0 Å². The van der Waals surface area contributed by atoms with Gasteiger partial charge in [0.15, 0.2) is 0 Å². The highest BCUT2D eigenvalue weighted by Gasteiger charge is 2.24. The van der Waals surface area contributed by atoms with E-state index in [1.54, 1.807) is 0 Å². The van der Waals surface area contributed by atoms with Crippen molar-refractivity contribution in [2.45, 2.75) is 52.4 Å². The molecule has 0 radical (unpaired) electrons. The summed E-state index contributed by atoms with van der Waals surface area (Å²) in [5, 5.41) is 9.69. The average Bonchev–Trinajstić information content (AvgIpc) is 2.25. The Morgan fingerprint density at radius 3 is 2.44 bits per heavy atom. The molecule has 88 valence electrons. The van der Waals surface area contributed by atoms with Crippen molar-refractivity contribution in [1.82, 2.24) is 0 Å². The molecule has 0 heterocycles. The van der Waals surface area contributed by atoms with Crippen molar-refractivity contribution in [3.05, 3.63) is 28.8 Å². The maximum absolute atomic E-state index is 9.69. The highest BCUT2D eigenvalue weighted by molar-refractivity contribution is 5.42. The predicted molar refractivity (Wildman–Crippen MR) is 68.0 cm³/mol. The molecule has 0 aromatic heterocycles. The lowest BCUT2D eigenvalue weighted by Crippen LogP contribution is -2.15. The van der Waals surface area contributed by atoms with Gasteiger partial charge in [0.1, 0.15) is 5.75 Å². The van der Waals surface area contributed by atoms with Gasteiger partial charge in [0, 0.05) is 0 Å². The zero-order valence-electron chi connectivity index (χ0n) is 10.6. The lowest BCUT2D eigenvalue weighted by molar-refractivity contribution is 0.329. The number of aryl methyl sites for hydroxylation is 2. The Morgan fingerprint density at radius 2 is 1.75 bits per heavy atom. The Morgan fingerprint density at radius 1 is 1.06 bits per heavy atom. The van der Waals surface area contributed by atoms with Gasteiger partial charge in [0.2, 0.25) is 0 Å². The minimum Gasteiger partial charge on any atom is -0.508 e. The first-order chi connectivity index (χ1) is 7.59. The van der Waals surface area contributed by atoms with Gasteiger partial charge in [0.05, 0.1) is 0 Å². The Hall–Kier alpha value is -0.980. The molecule has 0 aliphatic heterocycles. The Bertz CT molecular complexity index is 381. The van der Waals surface area contributed by atoms with Gasteiger partial charge < -0.3 is 5.11 Å². The first kappa shape index (κ1) is 11.5. The van der Waals surface area contributed by atoms with Gasteiger partial charge in [-0.3, -0.25) is 0 Å². The van der Waals surface area contributed by atoms with Gasteiger partial charge in [0.25, 0.3) is 0 Å². The molecule has 0 spiro atoms. The molecule has 0 bridgehead atoms. The van der Waals surface area contributed by atoms with Crippen molar-refractivity contribution in [3.8, 4) is 5.75 Å². The second-order valence-corrected chi connectivity index (χ2v) is 5.36. The second-order valence-electron chi connectivity index (χ2n) is 5.36. The summed E-state index contributed by atoms with van der Waals surface area (Å²) in [6.45, 7) is 6.48. The van der Waals surface area contributed by atoms with Crippen LogP contribution in [0.2, 0.25) is 0 Å². The molecule has 1 heteroatoms. The minimum atomic E-state index is 0.435. The van der Waals surface area contributed by atoms with E-state index >= 15 is 0 Å². The Kier molecular flexibility index (Phi) is 3.22. The molecular formula is C15H22O. The zero-order chi connectivity index (χ0) is 11.7. The van der Waals surface area contributed by atoms with Crippen molar-refractivity contribution in [3.63, 3.8) is 0 Å².